The Kier molecular flexibility index (Phi) is 3.17. The van der Waals surface area contributed by atoms with Crippen molar-refractivity contribution >= 4 is 39.1 Å². The SMILES string of the molecule is CCC1Oc2c(Cl)cc(Br)c(Cl)c2C1O. The van der Waals surface area contributed by atoms with Crippen LogP contribution in [0.4, 0.5) is 0 Å². The van der Waals surface area contributed by atoms with Crippen molar-refractivity contribution in [2.24, 2.45) is 0 Å². The standard InChI is InChI=1S/C10H9BrCl2O2/c1-2-6-9(14)7-8(13)4(11)3-5(12)10(7)15-6/h3,6,9,14H,2H2,1H3. The maximum atomic E-state index is 9.98. The Hall–Kier alpha value is 0.0400. The monoisotopic (exact) mass is 310 g/mol. The third-order valence-electron chi connectivity index (χ3n) is 2.48. The molecule has 1 heterocycles. The highest BCUT2D eigenvalue weighted by molar-refractivity contribution is 9.10. The Labute approximate surface area is 106 Å². The first-order chi connectivity index (χ1) is 7.06. The molecule has 0 saturated heterocycles. The zero-order valence-electron chi connectivity index (χ0n) is 7.93. The summed E-state index contributed by atoms with van der Waals surface area (Å²) < 4.78 is 6.22. The van der Waals surface area contributed by atoms with Gasteiger partial charge in [0, 0.05) is 10.0 Å². The zero-order chi connectivity index (χ0) is 11.2. The molecular weight excluding hydrogens is 303 g/mol. The number of aliphatic hydroxyl groups excluding tert-OH is 1. The molecule has 1 aliphatic heterocycles. The summed E-state index contributed by atoms with van der Waals surface area (Å²) in [7, 11) is 0. The molecule has 2 unspecified atom stereocenters. The first-order valence-corrected chi connectivity index (χ1v) is 6.13. The maximum absolute atomic E-state index is 9.98. The minimum Gasteiger partial charge on any atom is -0.485 e. The highest BCUT2D eigenvalue weighted by Crippen LogP contribution is 2.48. The Bertz CT molecular complexity index is 409. The highest BCUT2D eigenvalue weighted by atomic mass is 79.9. The van der Waals surface area contributed by atoms with Crippen LogP contribution in [0.25, 0.3) is 0 Å². The van der Waals surface area contributed by atoms with E-state index in [9.17, 15) is 5.11 Å². The summed E-state index contributed by atoms with van der Waals surface area (Å²) in [5.41, 5.74) is 0.586. The van der Waals surface area contributed by atoms with E-state index in [1.54, 1.807) is 6.07 Å². The van der Waals surface area contributed by atoms with Gasteiger partial charge in [0.25, 0.3) is 0 Å². The van der Waals surface area contributed by atoms with Crippen molar-refractivity contribution < 1.29 is 9.84 Å². The predicted octanol–water partition coefficient (Wildman–Crippen LogP) is 3.96. The third kappa shape index (κ3) is 1.76. The van der Waals surface area contributed by atoms with Crippen molar-refractivity contribution in [1.82, 2.24) is 0 Å². The van der Waals surface area contributed by atoms with E-state index >= 15 is 0 Å². The number of aliphatic hydroxyl groups is 1. The number of hydrogen-bond acceptors (Lipinski definition) is 2. The molecule has 2 nitrogen and oxygen atoms in total. The van der Waals surface area contributed by atoms with E-state index in [0.29, 0.717) is 32.3 Å². The second-order valence-electron chi connectivity index (χ2n) is 3.41. The van der Waals surface area contributed by atoms with Gasteiger partial charge in [-0.2, -0.15) is 0 Å². The van der Waals surface area contributed by atoms with Crippen LogP contribution in [0.5, 0.6) is 5.75 Å². The van der Waals surface area contributed by atoms with Gasteiger partial charge >= 0.3 is 0 Å². The number of benzene rings is 1. The van der Waals surface area contributed by atoms with Crippen LogP contribution >= 0.6 is 39.1 Å². The number of fused-ring (bicyclic) bond motifs is 1. The summed E-state index contributed by atoms with van der Waals surface area (Å²) in [5.74, 6) is 0.504. The lowest BCUT2D eigenvalue weighted by Gasteiger charge is -2.11. The second kappa shape index (κ2) is 4.13. The van der Waals surface area contributed by atoms with Crippen LogP contribution in [0.15, 0.2) is 10.5 Å². The normalized spacial score (nSPS) is 23.8. The second-order valence-corrected chi connectivity index (χ2v) is 5.05. The molecule has 1 aromatic rings. The molecule has 0 saturated carbocycles. The first-order valence-electron chi connectivity index (χ1n) is 4.58. The molecule has 2 rings (SSSR count). The van der Waals surface area contributed by atoms with E-state index in [4.69, 9.17) is 27.9 Å². The Morgan fingerprint density at radius 2 is 2.20 bits per heavy atom. The van der Waals surface area contributed by atoms with E-state index < -0.39 is 6.10 Å². The van der Waals surface area contributed by atoms with Crippen LogP contribution in [-0.2, 0) is 0 Å². The largest absolute Gasteiger partial charge is 0.485 e. The van der Waals surface area contributed by atoms with Gasteiger partial charge in [-0.15, -0.1) is 0 Å². The van der Waals surface area contributed by atoms with Crippen molar-refractivity contribution in [2.75, 3.05) is 0 Å². The smallest absolute Gasteiger partial charge is 0.145 e. The molecule has 2 atom stereocenters. The number of hydrogen-bond donors (Lipinski definition) is 1. The summed E-state index contributed by atoms with van der Waals surface area (Å²) in [5, 5.41) is 10.9. The van der Waals surface area contributed by atoms with Crippen molar-refractivity contribution in [3.8, 4) is 5.75 Å². The summed E-state index contributed by atoms with van der Waals surface area (Å²) in [6.07, 6.45) is -0.253. The molecular formula is C10H9BrCl2O2. The Morgan fingerprint density at radius 1 is 1.53 bits per heavy atom. The lowest BCUT2D eigenvalue weighted by atomic mass is 10.1. The van der Waals surface area contributed by atoms with Crippen molar-refractivity contribution in [3.05, 3.63) is 26.1 Å². The number of ether oxygens (including phenoxy) is 1. The van der Waals surface area contributed by atoms with Gasteiger partial charge in [-0.3, -0.25) is 0 Å². The fraction of sp³-hybridized carbons (Fsp3) is 0.400. The first kappa shape index (κ1) is 11.5. The minimum atomic E-state index is -0.701. The van der Waals surface area contributed by atoms with Crippen LogP contribution in [-0.4, -0.2) is 11.2 Å². The Balaban J connectivity index is 2.58. The number of rotatable bonds is 1. The molecule has 0 aromatic heterocycles. The summed E-state index contributed by atoms with van der Waals surface area (Å²) >= 11 is 15.4. The van der Waals surface area contributed by atoms with Crippen LogP contribution in [0.1, 0.15) is 25.0 Å². The maximum Gasteiger partial charge on any atom is 0.145 e. The van der Waals surface area contributed by atoms with Gasteiger partial charge in [0.1, 0.15) is 18.0 Å². The number of halogens is 3. The minimum absolute atomic E-state index is 0.260. The van der Waals surface area contributed by atoms with Crippen LogP contribution < -0.4 is 4.74 Å². The molecule has 0 bridgehead atoms. The molecule has 1 N–H and O–H groups in total. The molecule has 0 radical (unpaired) electrons. The zero-order valence-corrected chi connectivity index (χ0v) is 11.0. The lowest BCUT2D eigenvalue weighted by molar-refractivity contribution is 0.0654. The van der Waals surface area contributed by atoms with Gasteiger partial charge in [-0.25, -0.2) is 0 Å². The van der Waals surface area contributed by atoms with Gasteiger partial charge in [-0.1, -0.05) is 30.1 Å². The predicted molar refractivity (Wildman–Crippen MR) is 63.8 cm³/mol. The van der Waals surface area contributed by atoms with Gasteiger partial charge in [0.15, 0.2) is 0 Å². The summed E-state index contributed by atoms with van der Waals surface area (Å²) in [4.78, 5) is 0. The van der Waals surface area contributed by atoms with Crippen LogP contribution in [0.2, 0.25) is 10.0 Å². The van der Waals surface area contributed by atoms with Gasteiger partial charge in [0.2, 0.25) is 0 Å². The molecule has 1 aromatic carbocycles. The van der Waals surface area contributed by atoms with Crippen LogP contribution in [0, 0.1) is 0 Å². The van der Waals surface area contributed by atoms with E-state index in [1.165, 1.54) is 0 Å². The van der Waals surface area contributed by atoms with E-state index in [-0.39, 0.29) is 6.10 Å². The van der Waals surface area contributed by atoms with E-state index in [0.717, 1.165) is 0 Å². The highest BCUT2D eigenvalue weighted by Gasteiger charge is 2.36. The molecule has 0 amide bonds. The third-order valence-corrected chi connectivity index (χ3v) is 4.02. The average Bonchev–Trinajstić information content (AvgIpc) is 2.53. The van der Waals surface area contributed by atoms with E-state index in [2.05, 4.69) is 15.9 Å². The molecule has 0 spiro atoms. The van der Waals surface area contributed by atoms with E-state index in [1.807, 2.05) is 6.92 Å². The quantitative estimate of drug-likeness (QED) is 0.795. The molecule has 1 aliphatic rings. The van der Waals surface area contributed by atoms with Gasteiger partial charge in [-0.05, 0) is 28.4 Å². The van der Waals surface area contributed by atoms with Crippen molar-refractivity contribution in [1.29, 1.82) is 0 Å². The van der Waals surface area contributed by atoms with Crippen LogP contribution in [0.3, 0.4) is 0 Å². The molecule has 5 heteroatoms. The summed E-state index contributed by atoms with van der Waals surface area (Å²) in [6.45, 7) is 1.94. The van der Waals surface area contributed by atoms with Gasteiger partial charge in [0.05, 0.1) is 10.0 Å². The molecule has 0 fully saturated rings. The topological polar surface area (TPSA) is 29.5 Å². The Morgan fingerprint density at radius 3 is 2.80 bits per heavy atom. The molecule has 15 heavy (non-hydrogen) atoms. The molecule has 82 valence electrons. The fourth-order valence-electron chi connectivity index (χ4n) is 1.69. The average molecular weight is 312 g/mol. The molecule has 0 aliphatic carbocycles. The lowest BCUT2D eigenvalue weighted by Crippen LogP contribution is -2.16. The van der Waals surface area contributed by atoms with Crippen molar-refractivity contribution in [3.63, 3.8) is 0 Å². The summed E-state index contributed by atoms with van der Waals surface area (Å²) in [6, 6.07) is 1.67. The van der Waals surface area contributed by atoms with Gasteiger partial charge < -0.3 is 9.84 Å². The van der Waals surface area contributed by atoms with Crippen molar-refractivity contribution in [2.45, 2.75) is 25.6 Å². The fourth-order valence-corrected chi connectivity index (χ4v) is 2.77.